The van der Waals surface area contributed by atoms with Crippen LogP contribution in [0.2, 0.25) is 0 Å². The predicted octanol–water partition coefficient (Wildman–Crippen LogP) is 2.60. The average Bonchev–Trinajstić information content (AvgIpc) is 2.41. The zero-order valence-corrected chi connectivity index (χ0v) is 12.2. The van der Waals surface area contributed by atoms with Crippen molar-refractivity contribution in [3.63, 3.8) is 0 Å². The van der Waals surface area contributed by atoms with Gasteiger partial charge in [0.1, 0.15) is 0 Å². The van der Waals surface area contributed by atoms with Crippen LogP contribution in [0.4, 0.5) is 5.69 Å². The molecule has 2 rings (SSSR count). The van der Waals surface area contributed by atoms with Gasteiger partial charge < -0.3 is 5.11 Å². The van der Waals surface area contributed by atoms with Gasteiger partial charge in [0.25, 0.3) is 10.0 Å². The van der Waals surface area contributed by atoms with Crippen LogP contribution in [0.3, 0.4) is 0 Å². The number of aliphatic hydroxyl groups excluding tert-OH is 1. The van der Waals surface area contributed by atoms with Crippen LogP contribution in [0.5, 0.6) is 0 Å². The highest BCUT2D eigenvalue weighted by molar-refractivity contribution is 7.92. The third-order valence-corrected chi connectivity index (χ3v) is 4.69. The van der Waals surface area contributed by atoms with E-state index in [1.807, 2.05) is 19.1 Å². The monoisotopic (exact) mass is 291 g/mol. The largest absolute Gasteiger partial charge is 0.392 e. The van der Waals surface area contributed by atoms with Crippen LogP contribution in [0.15, 0.2) is 47.4 Å². The Morgan fingerprint density at radius 1 is 1.05 bits per heavy atom. The highest BCUT2D eigenvalue weighted by atomic mass is 32.2. The highest BCUT2D eigenvalue weighted by Gasteiger charge is 2.18. The van der Waals surface area contributed by atoms with E-state index in [2.05, 4.69) is 4.72 Å². The van der Waals surface area contributed by atoms with E-state index in [9.17, 15) is 13.5 Å². The number of rotatable bonds is 4. The first-order valence-corrected chi connectivity index (χ1v) is 7.71. The summed E-state index contributed by atoms with van der Waals surface area (Å²) in [6.07, 6.45) is 0. The molecule has 0 bridgehead atoms. The van der Waals surface area contributed by atoms with Crippen molar-refractivity contribution in [2.24, 2.45) is 0 Å². The van der Waals surface area contributed by atoms with E-state index in [1.165, 1.54) is 6.07 Å². The molecule has 0 aliphatic heterocycles. The first-order valence-electron chi connectivity index (χ1n) is 6.23. The second-order valence-corrected chi connectivity index (χ2v) is 6.32. The van der Waals surface area contributed by atoms with Crippen molar-refractivity contribution in [3.05, 3.63) is 59.2 Å². The van der Waals surface area contributed by atoms with Crippen molar-refractivity contribution in [1.82, 2.24) is 0 Å². The number of nitrogens with one attached hydrogen (secondary N) is 1. The Balaban J connectivity index is 2.38. The number of anilines is 1. The lowest BCUT2D eigenvalue weighted by Gasteiger charge is -2.12. The van der Waals surface area contributed by atoms with Gasteiger partial charge in [-0.1, -0.05) is 29.8 Å². The predicted molar refractivity (Wildman–Crippen MR) is 79.1 cm³/mol. The number of sulfonamides is 1. The summed E-state index contributed by atoms with van der Waals surface area (Å²) in [5.74, 6) is 0. The molecule has 0 spiro atoms. The minimum atomic E-state index is -3.65. The maximum Gasteiger partial charge on any atom is 0.262 e. The third kappa shape index (κ3) is 3.00. The van der Waals surface area contributed by atoms with Crippen molar-refractivity contribution in [3.8, 4) is 0 Å². The first kappa shape index (κ1) is 14.6. The van der Waals surface area contributed by atoms with Gasteiger partial charge in [0.2, 0.25) is 0 Å². The molecule has 5 heteroatoms. The van der Waals surface area contributed by atoms with Crippen molar-refractivity contribution in [2.45, 2.75) is 25.3 Å². The molecular weight excluding hydrogens is 274 g/mol. The molecule has 0 fully saturated rings. The zero-order valence-electron chi connectivity index (χ0n) is 11.4. The molecule has 2 N–H and O–H groups in total. The molecule has 0 aromatic heterocycles. The molecule has 0 saturated carbocycles. The van der Waals surface area contributed by atoms with Gasteiger partial charge in [-0.15, -0.1) is 0 Å². The summed E-state index contributed by atoms with van der Waals surface area (Å²) in [4.78, 5) is 0.185. The molecule has 106 valence electrons. The lowest BCUT2D eigenvalue weighted by atomic mass is 10.1. The van der Waals surface area contributed by atoms with Gasteiger partial charge in [-0.05, 0) is 43.2 Å². The fourth-order valence-electron chi connectivity index (χ4n) is 1.95. The van der Waals surface area contributed by atoms with Crippen LogP contribution in [0, 0.1) is 13.8 Å². The van der Waals surface area contributed by atoms with Crippen LogP contribution in [-0.2, 0) is 16.6 Å². The topological polar surface area (TPSA) is 66.4 Å². The van der Waals surface area contributed by atoms with E-state index in [0.717, 1.165) is 5.56 Å². The quantitative estimate of drug-likeness (QED) is 0.910. The van der Waals surface area contributed by atoms with Gasteiger partial charge in [0.05, 0.1) is 11.5 Å². The molecule has 0 saturated heterocycles. The number of aliphatic hydroxyl groups is 1. The van der Waals surface area contributed by atoms with Gasteiger partial charge >= 0.3 is 0 Å². The van der Waals surface area contributed by atoms with Gasteiger partial charge in [-0.3, -0.25) is 4.72 Å². The standard InChI is InChI=1S/C15H17NO3S/c1-11-6-8-14(9-7-11)16-20(18,19)15-5-3-4-13(10-17)12(15)2/h3-9,16-17H,10H2,1-2H3. The first-order chi connectivity index (χ1) is 9.44. The van der Waals surface area contributed by atoms with Gasteiger partial charge in [-0.25, -0.2) is 8.42 Å². The zero-order chi connectivity index (χ0) is 14.8. The summed E-state index contributed by atoms with van der Waals surface area (Å²) in [5, 5.41) is 9.21. The summed E-state index contributed by atoms with van der Waals surface area (Å²) in [6.45, 7) is 3.45. The second-order valence-electron chi connectivity index (χ2n) is 4.67. The van der Waals surface area contributed by atoms with E-state index in [0.29, 0.717) is 16.8 Å². The molecule has 2 aromatic carbocycles. The summed E-state index contributed by atoms with van der Waals surface area (Å²) < 4.78 is 27.3. The molecule has 0 aliphatic rings. The van der Waals surface area contributed by atoms with E-state index in [1.54, 1.807) is 31.2 Å². The maximum atomic E-state index is 12.4. The Bertz CT molecular complexity index is 706. The normalized spacial score (nSPS) is 11.3. The summed E-state index contributed by atoms with van der Waals surface area (Å²) in [7, 11) is -3.65. The summed E-state index contributed by atoms with van der Waals surface area (Å²) >= 11 is 0. The summed E-state index contributed by atoms with van der Waals surface area (Å²) in [6, 6.07) is 12.0. The van der Waals surface area contributed by atoms with Crippen LogP contribution in [-0.4, -0.2) is 13.5 Å². The molecule has 0 atom stereocenters. The fraction of sp³-hybridized carbons (Fsp3) is 0.200. The molecule has 0 radical (unpaired) electrons. The number of hydrogen-bond acceptors (Lipinski definition) is 3. The Kier molecular flexibility index (Phi) is 4.11. The van der Waals surface area contributed by atoms with Gasteiger partial charge in [0.15, 0.2) is 0 Å². The third-order valence-electron chi connectivity index (χ3n) is 3.16. The fourth-order valence-corrected chi connectivity index (χ4v) is 3.30. The molecule has 2 aromatic rings. The molecule has 0 aliphatic carbocycles. The number of hydrogen-bond donors (Lipinski definition) is 2. The van der Waals surface area contributed by atoms with Crippen molar-refractivity contribution < 1.29 is 13.5 Å². The Morgan fingerprint density at radius 2 is 1.70 bits per heavy atom. The molecule has 4 nitrogen and oxygen atoms in total. The Hall–Kier alpha value is -1.85. The minimum absolute atomic E-state index is 0.181. The van der Waals surface area contributed by atoms with Crippen molar-refractivity contribution in [1.29, 1.82) is 0 Å². The van der Waals surface area contributed by atoms with E-state index < -0.39 is 10.0 Å². The van der Waals surface area contributed by atoms with Crippen LogP contribution < -0.4 is 4.72 Å². The average molecular weight is 291 g/mol. The molecule has 0 unspecified atom stereocenters. The van der Waals surface area contributed by atoms with Crippen LogP contribution in [0.1, 0.15) is 16.7 Å². The molecule has 0 heterocycles. The number of aryl methyl sites for hydroxylation is 1. The van der Waals surface area contributed by atoms with Gasteiger partial charge in [0, 0.05) is 5.69 Å². The second kappa shape index (κ2) is 5.64. The molecular formula is C15H17NO3S. The molecule has 0 amide bonds. The van der Waals surface area contributed by atoms with Gasteiger partial charge in [-0.2, -0.15) is 0 Å². The SMILES string of the molecule is Cc1ccc(NS(=O)(=O)c2cccc(CO)c2C)cc1. The lowest BCUT2D eigenvalue weighted by molar-refractivity contribution is 0.280. The van der Waals surface area contributed by atoms with E-state index in [4.69, 9.17) is 0 Å². The Morgan fingerprint density at radius 3 is 2.30 bits per heavy atom. The van der Waals surface area contributed by atoms with E-state index >= 15 is 0 Å². The Labute approximate surface area is 119 Å². The summed E-state index contributed by atoms with van der Waals surface area (Å²) in [5.41, 5.74) is 2.75. The highest BCUT2D eigenvalue weighted by Crippen LogP contribution is 2.22. The van der Waals surface area contributed by atoms with Crippen LogP contribution >= 0.6 is 0 Å². The number of benzene rings is 2. The molecule has 20 heavy (non-hydrogen) atoms. The minimum Gasteiger partial charge on any atom is -0.392 e. The van der Waals surface area contributed by atoms with Crippen LogP contribution in [0.25, 0.3) is 0 Å². The maximum absolute atomic E-state index is 12.4. The van der Waals surface area contributed by atoms with Crippen molar-refractivity contribution in [2.75, 3.05) is 4.72 Å². The smallest absolute Gasteiger partial charge is 0.262 e. The lowest BCUT2D eigenvalue weighted by Crippen LogP contribution is -2.15. The van der Waals surface area contributed by atoms with Crippen molar-refractivity contribution >= 4 is 15.7 Å². The van der Waals surface area contributed by atoms with E-state index in [-0.39, 0.29) is 11.5 Å².